The molecule has 3 rings (SSSR count). The van der Waals surface area contributed by atoms with E-state index in [0.717, 1.165) is 30.8 Å². The van der Waals surface area contributed by atoms with Crippen molar-refractivity contribution in [2.75, 3.05) is 18.9 Å². The maximum atomic E-state index is 12.5. The largest absolute Gasteiger partial charge is 0.315 e. The highest BCUT2D eigenvalue weighted by Gasteiger charge is 2.21. The zero-order chi connectivity index (χ0) is 18.5. The van der Waals surface area contributed by atoms with Gasteiger partial charge in [0.25, 0.3) is 0 Å². The van der Waals surface area contributed by atoms with E-state index < -0.39 is 0 Å². The zero-order valence-electron chi connectivity index (χ0n) is 15.5. The Balaban J connectivity index is 1.65. The molecule has 1 amide bonds. The van der Waals surface area contributed by atoms with Crippen LogP contribution in [0.4, 0.5) is 5.00 Å². The molecule has 4 nitrogen and oxygen atoms in total. The van der Waals surface area contributed by atoms with E-state index in [1.54, 1.807) is 11.3 Å². The monoisotopic (exact) mass is 367 g/mol. The number of benzene rings is 1. The van der Waals surface area contributed by atoms with E-state index in [1.165, 1.54) is 34.4 Å². The fourth-order valence-electron chi connectivity index (χ4n) is 3.49. The highest BCUT2D eigenvalue weighted by Crippen LogP contribution is 2.36. The molecule has 0 saturated heterocycles. The SMILES string of the molecule is Cc1ccccc1CN(C)CC(=O)Nc1sc2c(c1C#N)CCCCC2. The van der Waals surface area contributed by atoms with Gasteiger partial charge in [0.2, 0.25) is 5.91 Å². The van der Waals surface area contributed by atoms with E-state index in [4.69, 9.17) is 0 Å². The summed E-state index contributed by atoms with van der Waals surface area (Å²) in [4.78, 5) is 15.8. The predicted octanol–water partition coefficient (Wildman–Crippen LogP) is 4.27. The number of nitrogens with zero attached hydrogens (tertiary/aromatic N) is 2. The minimum Gasteiger partial charge on any atom is -0.315 e. The van der Waals surface area contributed by atoms with Crippen molar-refractivity contribution in [1.82, 2.24) is 4.90 Å². The molecule has 0 unspecified atom stereocenters. The summed E-state index contributed by atoms with van der Waals surface area (Å²) in [6.07, 6.45) is 5.50. The first kappa shape index (κ1) is 18.6. The Morgan fingerprint density at radius 2 is 2.04 bits per heavy atom. The number of thiophene rings is 1. The van der Waals surface area contributed by atoms with Gasteiger partial charge in [0, 0.05) is 11.4 Å². The van der Waals surface area contributed by atoms with Crippen LogP contribution in [0.2, 0.25) is 0 Å². The number of likely N-dealkylation sites (N-methyl/N-ethyl adjacent to an activating group) is 1. The zero-order valence-corrected chi connectivity index (χ0v) is 16.3. The number of nitriles is 1. The summed E-state index contributed by atoms with van der Waals surface area (Å²) in [5, 5.41) is 13.3. The molecule has 2 aromatic rings. The lowest BCUT2D eigenvalue weighted by atomic mass is 10.1. The van der Waals surface area contributed by atoms with Crippen molar-refractivity contribution >= 4 is 22.2 Å². The van der Waals surface area contributed by atoms with Crippen LogP contribution in [0.3, 0.4) is 0 Å². The standard InChI is InChI=1S/C21H25N3OS/c1-15-8-6-7-9-16(15)13-24(2)14-20(25)23-21-18(12-22)17-10-4-3-5-11-19(17)26-21/h6-9H,3-5,10-11,13-14H2,1-2H3,(H,23,25). The Labute approximate surface area is 159 Å². The van der Waals surface area contributed by atoms with Crippen LogP contribution >= 0.6 is 11.3 Å². The molecule has 136 valence electrons. The molecule has 1 heterocycles. The number of hydrogen-bond donors (Lipinski definition) is 1. The van der Waals surface area contributed by atoms with Crippen LogP contribution in [0.15, 0.2) is 24.3 Å². The van der Waals surface area contributed by atoms with Crippen molar-refractivity contribution in [2.24, 2.45) is 0 Å². The fraction of sp³-hybridized carbons (Fsp3) is 0.429. The van der Waals surface area contributed by atoms with Gasteiger partial charge >= 0.3 is 0 Å². The molecule has 1 N–H and O–H groups in total. The van der Waals surface area contributed by atoms with E-state index >= 15 is 0 Å². The summed E-state index contributed by atoms with van der Waals surface area (Å²) in [5.41, 5.74) is 4.30. The first-order valence-electron chi connectivity index (χ1n) is 9.16. The molecule has 5 heteroatoms. The minimum atomic E-state index is -0.0611. The average Bonchev–Trinajstić information content (AvgIpc) is 2.76. The molecule has 0 spiro atoms. The molecule has 1 aromatic carbocycles. The van der Waals surface area contributed by atoms with Crippen molar-refractivity contribution < 1.29 is 4.79 Å². The van der Waals surface area contributed by atoms with Crippen LogP contribution in [-0.2, 0) is 24.2 Å². The van der Waals surface area contributed by atoms with Crippen molar-refractivity contribution in [3.05, 3.63) is 51.4 Å². The molecular formula is C21H25N3OS. The summed E-state index contributed by atoms with van der Waals surface area (Å²) in [6, 6.07) is 10.5. The van der Waals surface area contributed by atoms with Crippen molar-refractivity contribution in [3.8, 4) is 6.07 Å². The number of rotatable bonds is 5. The van der Waals surface area contributed by atoms with E-state index in [-0.39, 0.29) is 5.91 Å². The van der Waals surface area contributed by atoms with Crippen LogP contribution in [0, 0.1) is 18.3 Å². The van der Waals surface area contributed by atoms with Crippen LogP contribution in [-0.4, -0.2) is 24.4 Å². The van der Waals surface area contributed by atoms with E-state index in [1.807, 2.05) is 24.1 Å². The summed E-state index contributed by atoms with van der Waals surface area (Å²) >= 11 is 1.59. The molecule has 0 fully saturated rings. The molecule has 0 aliphatic heterocycles. The van der Waals surface area contributed by atoms with Crippen LogP contribution in [0.25, 0.3) is 0 Å². The number of carbonyl (C=O) groups excluding carboxylic acids is 1. The molecule has 0 saturated carbocycles. The van der Waals surface area contributed by atoms with Gasteiger partial charge in [-0.3, -0.25) is 9.69 Å². The Kier molecular flexibility index (Phi) is 6.08. The van der Waals surface area contributed by atoms with Crippen molar-refractivity contribution in [2.45, 2.75) is 45.6 Å². The number of aryl methyl sites for hydroxylation is 2. The van der Waals surface area contributed by atoms with E-state index in [2.05, 4.69) is 30.4 Å². The van der Waals surface area contributed by atoms with Gasteiger partial charge in [-0.1, -0.05) is 30.7 Å². The third kappa shape index (κ3) is 4.32. The number of hydrogen-bond acceptors (Lipinski definition) is 4. The molecular weight excluding hydrogens is 342 g/mol. The summed E-state index contributed by atoms with van der Waals surface area (Å²) in [5.74, 6) is -0.0611. The second kappa shape index (κ2) is 8.48. The second-order valence-electron chi connectivity index (χ2n) is 7.03. The predicted molar refractivity (Wildman–Crippen MR) is 106 cm³/mol. The van der Waals surface area contributed by atoms with Crippen LogP contribution < -0.4 is 5.32 Å². The second-order valence-corrected chi connectivity index (χ2v) is 8.13. The third-order valence-electron chi connectivity index (χ3n) is 4.90. The molecule has 26 heavy (non-hydrogen) atoms. The Hall–Kier alpha value is -2.16. The molecule has 1 aliphatic rings. The highest BCUT2D eigenvalue weighted by atomic mass is 32.1. The number of nitrogens with one attached hydrogen (secondary N) is 1. The van der Waals surface area contributed by atoms with Gasteiger partial charge in [-0.15, -0.1) is 11.3 Å². The van der Waals surface area contributed by atoms with Crippen molar-refractivity contribution in [1.29, 1.82) is 5.26 Å². The third-order valence-corrected chi connectivity index (χ3v) is 6.11. The van der Waals surface area contributed by atoms with E-state index in [9.17, 15) is 10.1 Å². The summed E-state index contributed by atoms with van der Waals surface area (Å²) in [7, 11) is 1.95. The first-order chi connectivity index (χ1) is 12.6. The highest BCUT2D eigenvalue weighted by molar-refractivity contribution is 7.16. The molecule has 0 bridgehead atoms. The quantitative estimate of drug-likeness (QED) is 0.803. The van der Waals surface area contributed by atoms with Crippen molar-refractivity contribution in [3.63, 3.8) is 0 Å². The fourth-order valence-corrected chi connectivity index (χ4v) is 4.75. The molecule has 0 atom stereocenters. The minimum absolute atomic E-state index is 0.0611. The lowest BCUT2D eigenvalue weighted by Crippen LogP contribution is -2.30. The molecule has 1 aliphatic carbocycles. The van der Waals surface area contributed by atoms with Gasteiger partial charge < -0.3 is 5.32 Å². The van der Waals surface area contributed by atoms with Crippen LogP contribution in [0.5, 0.6) is 0 Å². The van der Waals surface area contributed by atoms with Gasteiger partial charge in [-0.2, -0.15) is 5.26 Å². The Morgan fingerprint density at radius 3 is 2.81 bits per heavy atom. The Bertz CT molecular complexity index is 834. The summed E-state index contributed by atoms with van der Waals surface area (Å²) in [6.45, 7) is 3.12. The van der Waals surface area contributed by atoms with Gasteiger partial charge in [0.1, 0.15) is 11.1 Å². The maximum absolute atomic E-state index is 12.5. The van der Waals surface area contributed by atoms with E-state index in [0.29, 0.717) is 12.1 Å². The number of fused-ring (bicyclic) bond motifs is 1. The number of carbonyl (C=O) groups is 1. The lowest BCUT2D eigenvalue weighted by Gasteiger charge is -2.17. The van der Waals surface area contributed by atoms with Gasteiger partial charge in [-0.25, -0.2) is 0 Å². The molecule has 0 radical (unpaired) electrons. The topological polar surface area (TPSA) is 56.1 Å². The lowest BCUT2D eigenvalue weighted by molar-refractivity contribution is -0.117. The smallest absolute Gasteiger partial charge is 0.239 e. The number of anilines is 1. The average molecular weight is 368 g/mol. The maximum Gasteiger partial charge on any atom is 0.239 e. The summed E-state index contributed by atoms with van der Waals surface area (Å²) < 4.78 is 0. The van der Waals surface area contributed by atoms with Crippen LogP contribution in [0.1, 0.15) is 46.4 Å². The van der Waals surface area contributed by atoms with Gasteiger partial charge in [0.15, 0.2) is 0 Å². The molecule has 1 aromatic heterocycles. The van der Waals surface area contributed by atoms with Gasteiger partial charge in [0.05, 0.1) is 12.1 Å². The number of amides is 1. The normalized spacial score (nSPS) is 13.8. The Morgan fingerprint density at radius 1 is 1.27 bits per heavy atom. The first-order valence-corrected chi connectivity index (χ1v) is 9.97. The van der Waals surface area contributed by atoms with Gasteiger partial charge in [-0.05, 0) is 56.3 Å².